The van der Waals surface area contributed by atoms with Crippen molar-refractivity contribution in [2.24, 2.45) is 5.41 Å². The molecule has 2 aromatic rings. The summed E-state index contributed by atoms with van der Waals surface area (Å²) in [5, 5.41) is 9.75. The highest BCUT2D eigenvalue weighted by molar-refractivity contribution is 5.92. The monoisotopic (exact) mass is 309 g/mol. The van der Waals surface area contributed by atoms with Crippen molar-refractivity contribution in [1.29, 1.82) is 0 Å². The summed E-state index contributed by atoms with van der Waals surface area (Å²) in [6.45, 7) is 4.20. The lowest BCUT2D eigenvalue weighted by atomic mass is 9.79. The van der Waals surface area contributed by atoms with E-state index in [9.17, 15) is 9.59 Å². The molecule has 23 heavy (non-hydrogen) atoms. The molecule has 0 spiro atoms. The number of rotatable bonds is 3. The second kappa shape index (κ2) is 5.83. The number of aromatic nitrogens is 2. The van der Waals surface area contributed by atoms with E-state index in [1.807, 2.05) is 24.3 Å². The van der Waals surface area contributed by atoms with Crippen LogP contribution in [-0.2, 0) is 4.79 Å². The van der Waals surface area contributed by atoms with Crippen LogP contribution in [0.2, 0.25) is 0 Å². The van der Waals surface area contributed by atoms with Crippen LogP contribution in [0.1, 0.15) is 26.7 Å². The fourth-order valence-electron chi connectivity index (χ4n) is 2.84. The van der Waals surface area contributed by atoms with Gasteiger partial charge in [0.1, 0.15) is 0 Å². The van der Waals surface area contributed by atoms with Crippen molar-refractivity contribution in [3.05, 3.63) is 58.5 Å². The summed E-state index contributed by atoms with van der Waals surface area (Å²) in [7, 11) is 0. The SMILES string of the molecule is CC1(C)CC(=O)C=C(Nc2ccc(-c3ccc(=O)[nH]n3)cc2)C1. The molecule has 3 rings (SSSR count). The fourth-order valence-corrected chi connectivity index (χ4v) is 2.84. The number of hydrogen-bond donors (Lipinski definition) is 2. The molecule has 1 aliphatic carbocycles. The molecule has 1 aromatic heterocycles. The molecule has 1 heterocycles. The van der Waals surface area contributed by atoms with E-state index in [1.165, 1.54) is 6.07 Å². The molecular formula is C18H19N3O2. The number of benzene rings is 1. The minimum absolute atomic E-state index is 0.00601. The Bertz CT molecular complexity index is 796. The zero-order valence-corrected chi connectivity index (χ0v) is 13.2. The Kier molecular flexibility index (Phi) is 3.86. The molecule has 5 nitrogen and oxygen atoms in total. The topological polar surface area (TPSA) is 74.8 Å². The van der Waals surface area contributed by atoms with E-state index in [0.29, 0.717) is 12.1 Å². The molecular weight excluding hydrogens is 290 g/mol. The molecule has 2 N–H and O–H groups in total. The number of aromatic amines is 1. The molecule has 0 fully saturated rings. The maximum absolute atomic E-state index is 11.8. The molecule has 0 atom stereocenters. The number of nitrogens with one attached hydrogen (secondary N) is 2. The van der Waals surface area contributed by atoms with Gasteiger partial charge in [-0.25, -0.2) is 5.10 Å². The van der Waals surface area contributed by atoms with Gasteiger partial charge in [-0.2, -0.15) is 5.10 Å². The first-order valence-corrected chi connectivity index (χ1v) is 7.58. The number of anilines is 1. The molecule has 118 valence electrons. The second-order valence-corrected chi connectivity index (χ2v) is 6.66. The number of hydrogen-bond acceptors (Lipinski definition) is 4. The summed E-state index contributed by atoms with van der Waals surface area (Å²) in [4.78, 5) is 22.8. The third kappa shape index (κ3) is 3.74. The third-order valence-corrected chi connectivity index (χ3v) is 3.82. The number of ketones is 1. The summed E-state index contributed by atoms with van der Waals surface area (Å²) in [5.74, 6) is 0.165. The molecule has 0 saturated heterocycles. The summed E-state index contributed by atoms with van der Waals surface area (Å²) in [6, 6.07) is 10.9. The second-order valence-electron chi connectivity index (χ2n) is 6.66. The van der Waals surface area contributed by atoms with E-state index in [1.54, 1.807) is 12.1 Å². The van der Waals surface area contributed by atoms with Gasteiger partial charge in [0.15, 0.2) is 5.78 Å². The van der Waals surface area contributed by atoms with Crippen LogP contribution in [0.25, 0.3) is 11.3 Å². The van der Waals surface area contributed by atoms with Crippen molar-refractivity contribution < 1.29 is 4.79 Å². The molecule has 1 aliphatic rings. The van der Waals surface area contributed by atoms with Crippen molar-refractivity contribution in [1.82, 2.24) is 10.2 Å². The normalized spacial score (nSPS) is 16.8. The number of H-pyrrole nitrogens is 1. The van der Waals surface area contributed by atoms with E-state index in [2.05, 4.69) is 29.4 Å². The Morgan fingerprint density at radius 1 is 1.04 bits per heavy atom. The van der Waals surface area contributed by atoms with E-state index in [4.69, 9.17) is 0 Å². The highest BCUT2D eigenvalue weighted by Crippen LogP contribution is 2.34. The van der Waals surface area contributed by atoms with Crippen LogP contribution in [-0.4, -0.2) is 16.0 Å². The zero-order chi connectivity index (χ0) is 16.4. The first-order valence-electron chi connectivity index (χ1n) is 7.58. The van der Waals surface area contributed by atoms with E-state index in [-0.39, 0.29) is 16.8 Å². The van der Waals surface area contributed by atoms with E-state index >= 15 is 0 Å². The smallest absolute Gasteiger partial charge is 0.264 e. The van der Waals surface area contributed by atoms with Crippen molar-refractivity contribution in [3.8, 4) is 11.3 Å². The molecule has 0 unspecified atom stereocenters. The lowest BCUT2D eigenvalue weighted by Crippen LogP contribution is -2.24. The van der Waals surface area contributed by atoms with Crippen LogP contribution in [0.3, 0.4) is 0 Å². The first kappa shape index (κ1) is 15.2. The average molecular weight is 309 g/mol. The van der Waals surface area contributed by atoms with Gasteiger partial charge in [0.25, 0.3) is 5.56 Å². The maximum atomic E-state index is 11.8. The standard InChI is InChI=1S/C18H19N3O2/c1-18(2)10-14(9-15(22)11-18)19-13-5-3-12(4-6-13)16-7-8-17(23)21-20-16/h3-9,19H,10-11H2,1-2H3,(H,21,23). The van der Waals surface area contributed by atoms with Gasteiger partial charge in [-0.05, 0) is 30.0 Å². The van der Waals surface area contributed by atoms with Crippen molar-refractivity contribution in [2.75, 3.05) is 5.32 Å². The van der Waals surface area contributed by atoms with Gasteiger partial charge in [0.2, 0.25) is 0 Å². The summed E-state index contributed by atoms with van der Waals surface area (Å²) in [5.41, 5.74) is 3.28. The number of carbonyl (C=O) groups is 1. The predicted molar refractivity (Wildman–Crippen MR) is 90.0 cm³/mol. The fraction of sp³-hybridized carbons (Fsp3) is 0.278. The van der Waals surface area contributed by atoms with Crippen molar-refractivity contribution >= 4 is 11.5 Å². The Morgan fingerprint density at radius 3 is 2.39 bits per heavy atom. The average Bonchev–Trinajstić information content (AvgIpc) is 2.47. The van der Waals surface area contributed by atoms with Gasteiger partial charge in [0.05, 0.1) is 5.69 Å². The molecule has 1 aromatic carbocycles. The van der Waals surface area contributed by atoms with Crippen molar-refractivity contribution in [3.63, 3.8) is 0 Å². The van der Waals surface area contributed by atoms with Gasteiger partial charge in [-0.1, -0.05) is 26.0 Å². The molecule has 5 heteroatoms. The maximum Gasteiger partial charge on any atom is 0.264 e. The Morgan fingerprint density at radius 2 is 1.78 bits per heavy atom. The zero-order valence-electron chi connectivity index (χ0n) is 13.2. The highest BCUT2D eigenvalue weighted by Gasteiger charge is 2.27. The van der Waals surface area contributed by atoms with Gasteiger partial charge < -0.3 is 5.32 Å². The number of nitrogens with zero attached hydrogens (tertiary/aromatic N) is 1. The van der Waals surface area contributed by atoms with E-state index in [0.717, 1.165) is 23.4 Å². The van der Waals surface area contributed by atoms with Gasteiger partial charge >= 0.3 is 0 Å². The molecule has 0 amide bonds. The molecule has 0 aliphatic heterocycles. The van der Waals surface area contributed by atoms with Crippen LogP contribution < -0.4 is 10.9 Å². The number of allylic oxidation sites excluding steroid dienone is 2. The van der Waals surface area contributed by atoms with Crippen LogP contribution in [0, 0.1) is 5.41 Å². The third-order valence-electron chi connectivity index (χ3n) is 3.82. The Labute approximate surface area is 134 Å². The summed E-state index contributed by atoms with van der Waals surface area (Å²) < 4.78 is 0. The van der Waals surface area contributed by atoms with Crippen LogP contribution in [0.5, 0.6) is 0 Å². The predicted octanol–water partition coefficient (Wildman–Crippen LogP) is 3.12. The van der Waals surface area contributed by atoms with Crippen LogP contribution in [0.4, 0.5) is 5.69 Å². The molecule has 0 radical (unpaired) electrons. The lowest BCUT2D eigenvalue weighted by molar-refractivity contribution is -0.117. The summed E-state index contributed by atoms with van der Waals surface area (Å²) in [6.07, 6.45) is 3.14. The minimum Gasteiger partial charge on any atom is -0.359 e. The first-order chi connectivity index (χ1) is 10.9. The van der Waals surface area contributed by atoms with Gasteiger partial charge in [-0.15, -0.1) is 0 Å². The quantitative estimate of drug-likeness (QED) is 0.913. The minimum atomic E-state index is -0.219. The van der Waals surface area contributed by atoms with Gasteiger partial charge in [0, 0.05) is 35.5 Å². The van der Waals surface area contributed by atoms with Crippen LogP contribution >= 0.6 is 0 Å². The van der Waals surface area contributed by atoms with Crippen molar-refractivity contribution in [2.45, 2.75) is 26.7 Å². The lowest BCUT2D eigenvalue weighted by Gasteiger charge is -2.29. The number of carbonyl (C=O) groups excluding carboxylic acids is 1. The largest absolute Gasteiger partial charge is 0.359 e. The Hall–Kier alpha value is -2.69. The summed E-state index contributed by atoms with van der Waals surface area (Å²) >= 11 is 0. The van der Waals surface area contributed by atoms with Gasteiger partial charge in [-0.3, -0.25) is 9.59 Å². The Balaban J connectivity index is 1.76. The highest BCUT2D eigenvalue weighted by atomic mass is 16.1. The van der Waals surface area contributed by atoms with E-state index < -0.39 is 0 Å². The van der Waals surface area contributed by atoms with Crippen LogP contribution in [0.15, 0.2) is 53.0 Å². The molecule has 0 bridgehead atoms. The molecule has 0 saturated carbocycles.